The number of carbonyl (C=O) groups excluding carboxylic acids is 1. The van der Waals surface area contributed by atoms with Crippen molar-refractivity contribution in [3.05, 3.63) is 45.9 Å². The number of para-hydroxylation sites is 1. The second-order valence-corrected chi connectivity index (χ2v) is 6.01. The summed E-state index contributed by atoms with van der Waals surface area (Å²) in [4.78, 5) is 29.8. The third-order valence-electron chi connectivity index (χ3n) is 3.63. The molecule has 1 aliphatic rings. The Morgan fingerprint density at radius 3 is 2.81 bits per heavy atom. The number of nitrogens with zero attached hydrogens (tertiary/aromatic N) is 2. The van der Waals surface area contributed by atoms with Crippen LogP contribution < -0.4 is 4.90 Å². The maximum atomic E-state index is 12.6. The number of carboxylic acid groups (broad SMARTS) is 1. The Balaban J connectivity index is 2.00. The lowest BCUT2D eigenvalue weighted by Crippen LogP contribution is -2.38. The Morgan fingerprint density at radius 2 is 2.14 bits per heavy atom. The Labute approximate surface area is 125 Å². The van der Waals surface area contributed by atoms with E-state index in [1.165, 1.54) is 11.3 Å². The number of fused-ring (bicyclic) bond motifs is 1. The Morgan fingerprint density at radius 1 is 1.38 bits per heavy atom. The fourth-order valence-electron chi connectivity index (χ4n) is 2.63. The second-order valence-electron chi connectivity index (χ2n) is 4.95. The monoisotopic (exact) mass is 302 g/mol. The van der Waals surface area contributed by atoms with E-state index in [0.717, 1.165) is 5.01 Å². The van der Waals surface area contributed by atoms with Crippen LogP contribution in [-0.2, 0) is 4.79 Å². The maximum Gasteiger partial charge on any atom is 0.311 e. The number of aromatic nitrogens is 1. The van der Waals surface area contributed by atoms with Crippen LogP contribution in [0.15, 0.2) is 29.6 Å². The average molecular weight is 302 g/mol. The predicted octanol–water partition coefficient (Wildman–Crippen LogP) is 2.67. The van der Waals surface area contributed by atoms with Gasteiger partial charge in [-0.15, -0.1) is 11.3 Å². The Hall–Kier alpha value is -2.21. The lowest BCUT2D eigenvalue weighted by atomic mass is 9.90. The molecule has 5 nitrogen and oxygen atoms in total. The van der Waals surface area contributed by atoms with Gasteiger partial charge in [-0.05, 0) is 25.0 Å². The van der Waals surface area contributed by atoms with E-state index in [-0.39, 0.29) is 5.91 Å². The largest absolute Gasteiger partial charge is 0.481 e. The molecule has 1 N–H and O–H groups in total. The fraction of sp³-hybridized carbons (Fsp3) is 0.267. The number of amides is 1. The molecule has 2 heterocycles. The molecule has 1 unspecified atom stereocenters. The number of carbonyl (C=O) groups is 2. The van der Waals surface area contributed by atoms with Gasteiger partial charge in [0, 0.05) is 17.6 Å². The number of carboxylic acids is 1. The van der Waals surface area contributed by atoms with Crippen LogP contribution in [-0.4, -0.2) is 28.5 Å². The van der Waals surface area contributed by atoms with E-state index in [1.54, 1.807) is 28.5 Å². The van der Waals surface area contributed by atoms with Crippen molar-refractivity contribution in [2.45, 2.75) is 19.3 Å². The fourth-order valence-corrected chi connectivity index (χ4v) is 3.22. The third-order valence-corrected chi connectivity index (χ3v) is 4.40. The van der Waals surface area contributed by atoms with Crippen molar-refractivity contribution < 1.29 is 14.7 Å². The summed E-state index contributed by atoms with van der Waals surface area (Å²) in [6.45, 7) is 2.25. The van der Waals surface area contributed by atoms with Crippen LogP contribution in [0.4, 0.5) is 5.69 Å². The van der Waals surface area contributed by atoms with Crippen LogP contribution in [0.25, 0.3) is 0 Å². The summed E-state index contributed by atoms with van der Waals surface area (Å²) in [7, 11) is 0. The van der Waals surface area contributed by atoms with Gasteiger partial charge in [0.05, 0.1) is 10.9 Å². The molecule has 0 saturated heterocycles. The van der Waals surface area contributed by atoms with E-state index in [2.05, 4.69) is 4.98 Å². The quantitative estimate of drug-likeness (QED) is 0.926. The molecule has 1 aliphatic heterocycles. The van der Waals surface area contributed by atoms with Gasteiger partial charge in [-0.2, -0.15) is 0 Å². The molecule has 3 rings (SSSR count). The predicted molar refractivity (Wildman–Crippen MR) is 80.0 cm³/mol. The van der Waals surface area contributed by atoms with Gasteiger partial charge in [0.1, 0.15) is 5.69 Å². The molecule has 0 bridgehead atoms. The summed E-state index contributed by atoms with van der Waals surface area (Å²) in [6.07, 6.45) is 0.418. The van der Waals surface area contributed by atoms with Crippen molar-refractivity contribution in [3.8, 4) is 0 Å². The first-order chi connectivity index (χ1) is 10.1. The number of benzene rings is 1. The number of thiazole rings is 1. The van der Waals surface area contributed by atoms with Gasteiger partial charge in [-0.1, -0.05) is 18.2 Å². The summed E-state index contributed by atoms with van der Waals surface area (Å²) >= 11 is 1.43. The number of hydrogen-bond donors (Lipinski definition) is 1. The molecule has 1 aromatic heterocycles. The van der Waals surface area contributed by atoms with Gasteiger partial charge in [-0.3, -0.25) is 9.59 Å². The van der Waals surface area contributed by atoms with Gasteiger partial charge in [-0.25, -0.2) is 4.98 Å². The van der Waals surface area contributed by atoms with E-state index >= 15 is 0 Å². The number of rotatable bonds is 2. The van der Waals surface area contributed by atoms with Gasteiger partial charge in [0.15, 0.2) is 0 Å². The van der Waals surface area contributed by atoms with Gasteiger partial charge >= 0.3 is 5.97 Å². The highest BCUT2D eigenvalue weighted by molar-refractivity contribution is 7.09. The topological polar surface area (TPSA) is 70.5 Å². The average Bonchev–Trinajstić information content (AvgIpc) is 2.91. The molecule has 0 fully saturated rings. The molecule has 2 aromatic rings. The van der Waals surface area contributed by atoms with Crippen LogP contribution in [0, 0.1) is 6.92 Å². The molecule has 21 heavy (non-hydrogen) atoms. The van der Waals surface area contributed by atoms with Crippen molar-refractivity contribution >= 4 is 28.9 Å². The summed E-state index contributed by atoms with van der Waals surface area (Å²) in [5.74, 6) is -1.57. The highest BCUT2D eigenvalue weighted by Crippen LogP contribution is 2.36. The standard InChI is InChI=1S/C15H14N2O3S/c1-9-16-12(8-21-9)14(18)17-7-6-11(15(19)20)10-4-2-3-5-13(10)17/h2-5,8,11H,6-7H2,1H3,(H,19,20). The minimum absolute atomic E-state index is 0.171. The van der Waals surface area contributed by atoms with Gasteiger partial charge in [0.25, 0.3) is 5.91 Å². The molecule has 0 spiro atoms. The first kappa shape index (κ1) is 13.8. The Kier molecular flexibility index (Phi) is 3.47. The minimum atomic E-state index is -0.848. The van der Waals surface area contributed by atoms with Crippen LogP contribution in [0.5, 0.6) is 0 Å². The first-order valence-corrected chi connectivity index (χ1v) is 7.51. The van der Waals surface area contributed by atoms with E-state index in [9.17, 15) is 14.7 Å². The molecular weight excluding hydrogens is 288 g/mol. The zero-order chi connectivity index (χ0) is 15.0. The maximum absolute atomic E-state index is 12.6. The summed E-state index contributed by atoms with van der Waals surface area (Å²) in [6, 6.07) is 7.19. The lowest BCUT2D eigenvalue weighted by Gasteiger charge is -2.32. The summed E-state index contributed by atoms with van der Waals surface area (Å²) in [5, 5.41) is 11.9. The van der Waals surface area contributed by atoms with Crippen LogP contribution in [0.3, 0.4) is 0 Å². The number of anilines is 1. The molecule has 108 valence electrons. The van der Waals surface area contributed by atoms with Gasteiger partial charge in [0.2, 0.25) is 0 Å². The highest BCUT2D eigenvalue weighted by Gasteiger charge is 2.33. The molecule has 1 amide bonds. The van der Waals surface area contributed by atoms with Crippen LogP contribution in [0.2, 0.25) is 0 Å². The minimum Gasteiger partial charge on any atom is -0.481 e. The van der Waals surface area contributed by atoms with Crippen molar-refractivity contribution in [2.24, 2.45) is 0 Å². The SMILES string of the molecule is Cc1nc(C(=O)N2CCC(C(=O)O)c3ccccc32)cs1. The van der Waals surface area contributed by atoms with Crippen LogP contribution >= 0.6 is 11.3 Å². The first-order valence-electron chi connectivity index (χ1n) is 6.63. The molecule has 6 heteroatoms. The Bertz CT molecular complexity index is 710. The molecule has 0 saturated carbocycles. The number of aryl methyl sites for hydroxylation is 1. The van der Waals surface area contributed by atoms with Crippen molar-refractivity contribution in [2.75, 3.05) is 11.4 Å². The molecule has 1 aromatic carbocycles. The van der Waals surface area contributed by atoms with Crippen molar-refractivity contribution in [3.63, 3.8) is 0 Å². The molecule has 0 aliphatic carbocycles. The smallest absolute Gasteiger partial charge is 0.311 e. The highest BCUT2D eigenvalue weighted by atomic mass is 32.1. The lowest BCUT2D eigenvalue weighted by molar-refractivity contribution is -0.139. The van der Waals surface area contributed by atoms with Gasteiger partial charge < -0.3 is 10.0 Å². The van der Waals surface area contributed by atoms with Crippen molar-refractivity contribution in [1.29, 1.82) is 0 Å². The molecule has 0 radical (unpaired) electrons. The van der Waals surface area contributed by atoms with E-state index in [1.807, 2.05) is 13.0 Å². The summed E-state index contributed by atoms with van der Waals surface area (Å²) in [5.41, 5.74) is 1.78. The van der Waals surface area contributed by atoms with E-state index < -0.39 is 11.9 Å². The summed E-state index contributed by atoms with van der Waals surface area (Å²) < 4.78 is 0. The van der Waals surface area contributed by atoms with E-state index in [0.29, 0.717) is 29.9 Å². The third kappa shape index (κ3) is 2.42. The zero-order valence-electron chi connectivity index (χ0n) is 11.4. The molecule has 1 atom stereocenters. The second kappa shape index (κ2) is 5.29. The van der Waals surface area contributed by atoms with Crippen molar-refractivity contribution in [1.82, 2.24) is 4.98 Å². The number of hydrogen-bond acceptors (Lipinski definition) is 4. The number of aliphatic carboxylic acids is 1. The molecular formula is C15H14N2O3S. The normalized spacial score (nSPS) is 17.4. The van der Waals surface area contributed by atoms with E-state index in [4.69, 9.17) is 0 Å². The van der Waals surface area contributed by atoms with Crippen LogP contribution in [0.1, 0.15) is 33.4 Å². The zero-order valence-corrected chi connectivity index (χ0v) is 12.3.